The smallest absolute Gasteiger partial charge is 0.254 e. The number of amides is 1. The van der Waals surface area contributed by atoms with Gasteiger partial charge in [-0.1, -0.05) is 18.2 Å². The van der Waals surface area contributed by atoms with E-state index >= 15 is 0 Å². The highest BCUT2D eigenvalue weighted by Crippen LogP contribution is 2.32. The fraction of sp³-hybridized carbons (Fsp3) is 0.350. The Hall–Kier alpha value is -2.69. The predicted octanol–water partition coefficient (Wildman–Crippen LogP) is 3.85. The highest BCUT2D eigenvalue weighted by Gasteiger charge is 2.23. The van der Waals surface area contributed by atoms with Crippen molar-refractivity contribution in [1.82, 2.24) is 4.90 Å². The Bertz CT molecular complexity index is 732. The normalized spacial score (nSPS) is 11.6. The average Bonchev–Trinajstić information content (AvgIpc) is 2.66. The number of nitrogens with zero attached hydrogens (tertiary/aromatic N) is 1. The Morgan fingerprint density at radius 1 is 0.960 bits per heavy atom. The Morgan fingerprint density at radius 3 is 2.00 bits per heavy atom. The van der Waals surface area contributed by atoms with Crippen LogP contribution in [-0.2, 0) is 0 Å². The van der Waals surface area contributed by atoms with Crippen LogP contribution in [0.3, 0.4) is 0 Å². The number of rotatable bonds is 6. The first-order valence-corrected chi connectivity index (χ1v) is 8.07. The predicted molar refractivity (Wildman–Crippen MR) is 97.8 cm³/mol. The van der Waals surface area contributed by atoms with Gasteiger partial charge in [-0.3, -0.25) is 4.79 Å². The van der Waals surface area contributed by atoms with E-state index in [1.165, 1.54) is 0 Å². The second kappa shape index (κ2) is 7.92. The maximum Gasteiger partial charge on any atom is 0.254 e. The summed E-state index contributed by atoms with van der Waals surface area (Å²) in [6, 6.07) is 11.0. The molecule has 2 rings (SSSR count). The van der Waals surface area contributed by atoms with Gasteiger partial charge in [0, 0.05) is 23.7 Å². The fourth-order valence-electron chi connectivity index (χ4n) is 2.81. The molecule has 0 aliphatic rings. The summed E-state index contributed by atoms with van der Waals surface area (Å²) in [6.07, 6.45) is 0. The van der Waals surface area contributed by atoms with Crippen molar-refractivity contribution < 1.29 is 19.0 Å². The Labute approximate surface area is 149 Å². The van der Waals surface area contributed by atoms with Crippen molar-refractivity contribution in [3.05, 3.63) is 53.1 Å². The minimum atomic E-state index is -0.151. The molecule has 5 nitrogen and oxygen atoms in total. The molecule has 1 atom stereocenters. The van der Waals surface area contributed by atoms with Gasteiger partial charge in [0.1, 0.15) is 17.2 Å². The highest BCUT2D eigenvalue weighted by molar-refractivity contribution is 5.95. The molecule has 2 aromatic carbocycles. The molecular weight excluding hydrogens is 318 g/mol. The van der Waals surface area contributed by atoms with Gasteiger partial charge in [0.15, 0.2) is 0 Å². The van der Waals surface area contributed by atoms with Gasteiger partial charge in [-0.15, -0.1) is 0 Å². The van der Waals surface area contributed by atoms with E-state index in [1.807, 2.05) is 38.1 Å². The molecule has 0 saturated carbocycles. The minimum absolute atomic E-state index is 0.116. The largest absolute Gasteiger partial charge is 0.496 e. The number of para-hydroxylation sites is 1. The molecule has 1 unspecified atom stereocenters. The lowest BCUT2D eigenvalue weighted by atomic mass is 10.0. The Kier molecular flexibility index (Phi) is 5.91. The second-order valence-corrected chi connectivity index (χ2v) is 5.84. The third kappa shape index (κ3) is 3.71. The van der Waals surface area contributed by atoms with Gasteiger partial charge in [0.2, 0.25) is 0 Å². The minimum Gasteiger partial charge on any atom is -0.496 e. The highest BCUT2D eigenvalue weighted by atomic mass is 16.5. The maximum absolute atomic E-state index is 13.0. The molecule has 2 aromatic rings. The lowest BCUT2D eigenvalue weighted by Gasteiger charge is -2.27. The summed E-state index contributed by atoms with van der Waals surface area (Å²) >= 11 is 0. The third-order valence-electron chi connectivity index (χ3n) is 4.49. The van der Waals surface area contributed by atoms with Crippen molar-refractivity contribution in [2.24, 2.45) is 0 Å². The number of hydrogen-bond acceptors (Lipinski definition) is 4. The first-order chi connectivity index (χ1) is 11.9. The molecule has 25 heavy (non-hydrogen) atoms. The van der Waals surface area contributed by atoms with E-state index in [-0.39, 0.29) is 11.9 Å². The topological polar surface area (TPSA) is 48.0 Å². The van der Waals surface area contributed by atoms with Gasteiger partial charge in [-0.05, 0) is 32.0 Å². The van der Waals surface area contributed by atoms with Crippen LogP contribution in [0, 0.1) is 6.92 Å². The van der Waals surface area contributed by atoms with Crippen molar-refractivity contribution in [1.29, 1.82) is 0 Å². The summed E-state index contributed by atoms with van der Waals surface area (Å²) in [5, 5.41) is 0. The molecule has 0 fully saturated rings. The lowest BCUT2D eigenvalue weighted by molar-refractivity contribution is 0.0740. The Balaban J connectivity index is 2.36. The van der Waals surface area contributed by atoms with E-state index in [2.05, 4.69) is 0 Å². The third-order valence-corrected chi connectivity index (χ3v) is 4.49. The number of ether oxygens (including phenoxy) is 3. The van der Waals surface area contributed by atoms with Gasteiger partial charge < -0.3 is 19.1 Å². The van der Waals surface area contributed by atoms with E-state index < -0.39 is 0 Å². The molecule has 1 amide bonds. The molecule has 0 aromatic heterocycles. The van der Waals surface area contributed by atoms with E-state index in [0.717, 1.165) is 16.9 Å². The van der Waals surface area contributed by atoms with E-state index in [0.29, 0.717) is 17.1 Å². The van der Waals surface area contributed by atoms with Crippen molar-refractivity contribution in [3.63, 3.8) is 0 Å². The number of hydrogen-bond donors (Lipinski definition) is 0. The number of carbonyl (C=O) groups excluding carboxylic acids is 1. The first-order valence-electron chi connectivity index (χ1n) is 8.07. The second-order valence-electron chi connectivity index (χ2n) is 5.84. The molecule has 0 saturated heterocycles. The van der Waals surface area contributed by atoms with Crippen LogP contribution < -0.4 is 14.2 Å². The zero-order chi connectivity index (χ0) is 18.6. The van der Waals surface area contributed by atoms with Crippen LogP contribution in [0.1, 0.15) is 34.5 Å². The quantitative estimate of drug-likeness (QED) is 0.799. The summed E-state index contributed by atoms with van der Waals surface area (Å²) in [6.45, 7) is 3.87. The summed E-state index contributed by atoms with van der Waals surface area (Å²) in [7, 11) is 6.57. The number of carbonyl (C=O) groups is 1. The molecule has 134 valence electrons. The standard InChI is InChI=1S/C20H25NO4/c1-13-18(24-5)11-15(12-19(13)25-6)20(22)21(3)14(2)16-9-7-8-10-17(16)23-4/h7-12,14H,1-6H3. The zero-order valence-corrected chi connectivity index (χ0v) is 15.6. The van der Waals surface area contributed by atoms with Gasteiger partial charge >= 0.3 is 0 Å². The van der Waals surface area contributed by atoms with E-state index in [4.69, 9.17) is 14.2 Å². The van der Waals surface area contributed by atoms with Crippen LogP contribution in [0.2, 0.25) is 0 Å². The molecule has 0 N–H and O–H groups in total. The van der Waals surface area contributed by atoms with E-state index in [9.17, 15) is 4.79 Å². The summed E-state index contributed by atoms with van der Waals surface area (Å²) in [5.41, 5.74) is 2.33. The first kappa shape index (κ1) is 18.6. The van der Waals surface area contributed by atoms with Gasteiger partial charge in [-0.2, -0.15) is 0 Å². The molecule has 0 bridgehead atoms. The number of methoxy groups -OCH3 is 3. The average molecular weight is 343 g/mol. The van der Waals surface area contributed by atoms with Crippen molar-refractivity contribution in [2.45, 2.75) is 19.9 Å². The monoisotopic (exact) mass is 343 g/mol. The summed E-state index contributed by atoms with van der Waals surface area (Å²) in [5.74, 6) is 1.89. The Morgan fingerprint density at radius 2 is 1.48 bits per heavy atom. The molecule has 0 radical (unpaired) electrons. The molecular formula is C20H25NO4. The summed E-state index contributed by atoms with van der Waals surface area (Å²) in [4.78, 5) is 14.7. The molecule has 5 heteroatoms. The lowest BCUT2D eigenvalue weighted by Crippen LogP contribution is -2.30. The molecule has 0 aliphatic carbocycles. The van der Waals surface area contributed by atoms with Crippen LogP contribution in [0.15, 0.2) is 36.4 Å². The zero-order valence-electron chi connectivity index (χ0n) is 15.6. The molecule has 0 heterocycles. The van der Waals surface area contributed by atoms with Crippen LogP contribution in [0.5, 0.6) is 17.2 Å². The van der Waals surface area contributed by atoms with Gasteiger partial charge in [0.25, 0.3) is 5.91 Å². The van der Waals surface area contributed by atoms with Crippen molar-refractivity contribution in [2.75, 3.05) is 28.4 Å². The van der Waals surface area contributed by atoms with Crippen molar-refractivity contribution in [3.8, 4) is 17.2 Å². The van der Waals surface area contributed by atoms with Crippen LogP contribution in [-0.4, -0.2) is 39.2 Å². The van der Waals surface area contributed by atoms with E-state index in [1.54, 1.807) is 45.4 Å². The van der Waals surface area contributed by atoms with Crippen LogP contribution in [0.25, 0.3) is 0 Å². The number of benzene rings is 2. The summed E-state index contributed by atoms with van der Waals surface area (Å²) < 4.78 is 16.2. The van der Waals surface area contributed by atoms with Crippen LogP contribution >= 0.6 is 0 Å². The maximum atomic E-state index is 13.0. The van der Waals surface area contributed by atoms with Crippen molar-refractivity contribution >= 4 is 5.91 Å². The van der Waals surface area contributed by atoms with Gasteiger partial charge in [-0.25, -0.2) is 0 Å². The van der Waals surface area contributed by atoms with Crippen LogP contribution in [0.4, 0.5) is 0 Å². The van der Waals surface area contributed by atoms with Gasteiger partial charge in [0.05, 0.1) is 27.4 Å². The molecule has 0 spiro atoms. The fourth-order valence-corrected chi connectivity index (χ4v) is 2.81. The molecule has 0 aliphatic heterocycles. The SMILES string of the molecule is COc1ccccc1C(C)N(C)C(=O)c1cc(OC)c(C)c(OC)c1.